The van der Waals surface area contributed by atoms with Gasteiger partial charge >= 0.3 is 0 Å². The summed E-state index contributed by atoms with van der Waals surface area (Å²) < 4.78 is 5.47. The van der Waals surface area contributed by atoms with Crippen molar-refractivity contribution >= 4 is 11.6 Å². The fraction of sp³-hybridized carbons (Fsp3) is 1.00. The van der Waals surface area contributed by atoms with Gasteiger partial charge in [-0.1, -0.05) is 0 Å². The van der Waals surface area contributed by atoms with E-state index in [1.54, 1.807) is 7.11 Å². The van der Waals surface area contributed by atoms with Crippen LogP contribution in [0.2, 0.25) is 0 Å². The Morgan fingerprint density at radius 2 is 1.65 bits per heavy atom. The van der Waals surface area contributed by atoms with Gasteiger partial charge in [0.2, 0.25) is 0 Å². The minimum Gasteiger partial charge on any atom is -0.379 e. The van der Waals surface area contributed by atoms with Gasteiger partial charge in [-0.2, -0.15) is 0 Å². The first kappa shape index (κ1) is 15.2. The molecule has 0 amide bonds. The molecule has 0 aromatic heterocycles. The van der Waals surface area contributed by atoms with Crippen molar-refractivity contribution in [3.8, 4) is 0 Å². The second kappa shape index (κ2) is 7.57. The second-order valence-electron chi connectivity index (χ2n) is 5.44. The Labute approximate surface area is 111 Å². The van der Waals surface area contributed by atoms with E-state index in [0.717, 1.165) is 38.5 Å². The molecule has 102 valence electrons. The van der Waals surface area contributed by atoms with Crippen molar-refractivity contribution < 1.29 is 4.74 Å². The van der Waals surface area contributed by atoms with E-state index in [1.807, 2.05) is 0 Å². The van der Waals surface area contributed by atoms with Gasteiger partial charge in [0, 0.05) is 39.2 Å². The lowest BCUT2D eigenvalue weighted by atomic mass is 10.1. The highest BCUT2D eigenvalue weighted by Crippen LogP contribution is 2.14. The second-order valence-corrected chi connectivity index (χ2v) is 5.82. The van der Waals surface area contributed by atoms with E-state index in [-0.39, 0.29) is 5.60 Å². The summed E-state index contributed by atoms with van der Waals surface area (Å²) in [5, 5.41) is 0. The molecule has 1 fully saturated rings. The van der Waals surface area contributed by atoms with Crippen molar-refractivity contribution in [2.75, 3.05) is 52.3 Å². The number of alkyl halides is 1. The molecule has 1 aliphatic rings. The van der Waals surface area contributed by atoms with E-state index in [0.29, 0.717) is 0 Å². The highest BCUT2D eigenvalue weighted by atomic mass is 35.5. The zero-order valence-electron chi connectivity index (χ0n) is 11.5. The SMILES string of the molecule is COC(C)(C)CCN1CCCN(CCCl)CC1. The van der Waals surface area contributed by atoms with Crippen molar-refractivity contribution in [1.29, 1.82) is 0 Å². The van der Waals surface area contributed by atoms with Gasteiger partial charge in [-0.05, 0) is 39.8 Å². The fourth-order valence-electron chi connectivity index (χ4n) is 2.12. The first-order valence-electron chi connectivity index (χ1n) is 6.63. The molecule has 0 atom stereocenters. The number of nitrogens with zero attached hydrogens (tertiary/aromatic N) is 2. The van der Waals surface area contributed by atoms with Crippen molar-refractivity contribution in [3.05, 3.63) is 0 Å². The molecular weight excluding hydrogens is 236 g/mol. The van der Waals surface area contributed by atoms with Gasteiger partial charge in [0.1, 0.15) is 0 Å². The van der Waals surface area contributed by atoms with E-state index in [2.05, 4.69) is 23.6 Å². The molecule has 0 spiro atoms. The van der Waals surface area contributed by atoms with Gasteiger partial charge in [-0.15, -0.1) is 11.6 Å². The van der Waals surface area contributed by atoms with Crippen LogP contribution in [0.25, 0.3) is 0 Å². The summed E-state index contributed by atoms with van der Waals surface area (Å²) in [4.78, 5) is 5.02. The Kier molecular flexibility index (Phi) is 6.78. The standard InChI is InChI=1S/C13H27ClN2O/c1-13(2,17-3)5-9-15-7-4-8-16(10-6-14)12-11-15/h4-12H2,1-3H3. The molecule has 1 heterocycles. The van der Waals surface area contributed by atoms with Crippen LogP contribution < -0.4 is 0 Å². The Balaban J connectivity index is 2.27. The molecule has 4 heteroatoms. The number of ether oxygens (including phenoxy) is 1. The fourth-order valence-corrected chi connectivity index (χ4v) is 2.36. The topological polar surface area (TPSA) is 15.7 Å². The van der Waals surface area contributed by atoms with Crippen LogP contribution in [0.1, 0.15) is 26.7 Å². The molecule has 0 radical (unpaired) electrons. The quantitative estimate of drug-likeness (QED) is 0.682. The van der Waals surface area contributed by atoms with Crippen LogP contribution in [0.5, 0.6) is 0 Å². The van der Waals surface area contributed by atoms with E-state index in [9.17, 15) is 0 Å². The minimum absolute atomic E-state index is 0.00211. The van der Waals surface area contributed by atoms with Crippen LogP contribution >= 0.6 is 11.6 Å². The van der Waals surface area contributed by atoms with Gasteiger partial charge in [-0.3, -0.25) is 0 Å². The maximum Gasteiger partial charge on any atom is 0.0634 e. The third kappa shape index (κ3) is 6.05. The van der Waals surface area contributed by atoms with Crippen molar-refractivity contribution in [2.24, 2.45) is 0 Å². The molecule has 17 heavy (non-hydrogen) atoms. The van der Waals surface area contributed by atoms with Crippen molar-refractivity contribution in [2.45, 2.75) is 32.3 Å². The Morgan fingerprint density at radius 3 is 2.18 bits per heavy atom. The molecule has 0 N–H and O–H groups in total. The molecule has 0 bridgehead atoms. The van der Waals surface area contributed by atoms with Crippen molar-refractivity contribution in [3.63, 3.8) is 0 Å². The van der Waals surface area contributed by atoms with E-state index >= 15 is 0 Å². The molecule has 0 aliphatic carbocycles. The molecular formula is C13H27ClN2O. The zero-order chi connectivity index (χ0) is 12.7. The number of methoxy groups -OCH3 is 1. The monoisotopic (exact) mass is 262 g/mol. The maximum absolute atomic E-state index is 5.79. The minimum atomic E-state index is 0.00211. The first-order valence-corrected chi connectivity index (χ1v) is 7.17. The third-order valence-electron chi connectivity index (χ3n) is 3.66. The summed E-state index contributed by atoms with van der Waals surface area (Å²) in [6.07, 6.45) is 2.35. The van der Waals surface area contributed by atoms with Crippen LogP contribution in [0.4, 0.5) is 0 Å². The zero-order valence-corrected chi connectivity index (χ0v) is 12.3. The average molecular weight is 263 g/mol. The molecule has 1 aliphatic heterocycles. The van der Waals surface area contributed by atoms with E-state index < -0.39 is 0 Å². The Hall–Kier alpha value is 0.170. The lowest BCUT2D eigenvalue weighted by Gasteiger charge is -2.27. The summed E-state index contributed by atoms with van der Waals surface area (Å²) in [6.45, 7) is 11.2. The molecule has 0 aromatic carbocycles. The highest BCUT2D eigenvalue weighted by Gasteiger charge is 2.19. The van der Waals surface area contributed by atoms with E-state index in [4.69, 9.17) is 16.3 Å². The van der Waals surface area contributed by atoms with Gasteiger partial charge < -0.3 is 14.5 Å². The number of hydrogen-bond donors (Lipinski definition) is 0. The molecule has 1 saturated heterocycles. The molecule has 3 nitrogen and oxygen atoms in total. The van der Waals surface area contributed by atoms with Crippen molar-refractivity contribution in [1.82, 2.24) is 9.80 Å². The van der Waals surface area contributed by atoms with Gasteiger partial charge in [0.25, 0.3) is 0 Å². The normalized spacial score (nSPS) is 20.5. The molecule has 0 aromatic rings. The summed E-state index contributed by atoms with van der Waals surface area (Å²) in [6, 6.07) is 0. The molecule has 1 rings (SSSR count). The summed E-state index contributed by atoms with van der Waals surface area (Å²) >= 11 is 5.79. The predicted molar refractivity (Wildman–Crippen MR) is 73.9 cm³/mol. The number of halogens is 1. The van der Waals surface area contributed by atoms with Crippen LogP contribution in [0, 0.1) is 0 Å². The lowest BCUT2D eigenvalue weighted by Crippen LogP contribution is -2.35. The van der Waals surface area contributed by atoms with Crippen LogP contribution in [0.3, 0.4) is 0 Å². The summed E-state index contributed by atoms with van der Waals surface area (Å²) in [7, 11) is 1.80. The highest BCUT2D eigenvalue weighted by molar-refractivity contribution is 6.18. The van der Waals surface area contributed by atoms with Gasteiger partial charge in [-0.25, -0.2) is 0 Å². The van der Waals surface area contributed by atoms with E-state index in [1.165, 1.54) is 19.5 Å². The predicted octanol–water partition coefficient (Wildman–Crippen LogP) is 2.05. The molecule has 0 unspecified atom stereocenters. The summed E-state index contributed by atoms with van der Waals surface area (Å²) in [5.74, 6) is 0.747. The smallest absolute Gasteiger partial charge is 0.0634 e. The summed E-state index contributed by atoms with van der Waals surface area (Å²) in [5.41, 5.74) is 0.00211. The van der Waals surface area contributed by atoms with Crippen LogP contribution in [0.15, 0.2) is 0 Å². The van der Waals surface area contributed by atoms with Gasteiger partial charge in [0.15, 0.2) is 0 Å². The maximum atomic E-state index is 5.79. The Morgan fingerprint density at radius 1 is 1.06 bits per heavy atom. The largest absolute Gasteiger partial charge is 0.379 e. The molecule has 0 saturated carbocycles. The first-order chi connectivity index (χ1) is 8.07. The third-order valence-corrected chi connectivity index (χ3v) is 3.83. The van der Waals surface area contributed by atoms with Gasteiger partial charge in [0.05, 0.1) is 5.60 Å². The number of hydrogen-bond acceptors (Lipinski definition) is 3. The average Bonchev–Trinajstić information content (AvgIpc) is 2.53. The number of rotatable bonds is 6. The van der Waals surface area contributed by atoms with Crippen LogP contribution in [-0.2, 0) is 4.74 Å². The van der Waals surface area contributed by atoms with Crippen LogP contribution in [-0.4, -0.2) is 67.7 Å². The lowest BCUT2D eigenvalue weighted by molar-refractivity contribution is 0.00771. The Bertz CT molecular complexity index is 212.